The van der Waals surface area contributed by atoms with E-state index in [9.17, 15) is 13.2 Å². The molecular weight excluding hydrogens is 293 g/mol. The molecule has 2 rings (SSSR count). The lowest BCUT2D eigenvalue weighted by atomic mass is 10.2. The number of halogens is 4. The van der Waals surface area contributed by atoms with E-state index in [1.165, 1.54) is 0 Å². The van der Waals surface area contributed by atoms with Crippen molar-refractivity contribution in [2.75, 3.05) is 13.2 Å². The monoisotopic (exact) mass is 306 g/mol. The molecule has 0 N–H and O–H groups in total. The normalized spacial score (nSPS) is 12.2. The molecule has 20 heavy (non-hydrogen) atoms. The molecule has 110 valence electrons. The number of nitrogens with zero attached hydrogens (tertiary/aromatic N) is 2. The van der Waals surface area contributed by atoms with Crippen molar-refractivity contribution in [1.82, 2.24) is 9.55 Å². The van der Waals surface area contributed by atoms with Crippen LogP contribution in [0.25, 0.3) is 11.0 Å². The Kier molecular flexibility index (Phi) is 4.55. The first-order valence-electron chi connectivity index (χ1n) is 6.07. The third-order valence-electron chi connectivity index (χ3n) is 2.83. The molecule has 0 unspecified atom stereocenters. The van der Waals surface area contributed by atoms with E-state index in [2.05, 4.69) is 9.72 Å². The maximum absolute atomic E-state index is 12.0. The number of hydrogen-bond donors (Lipinski definition) is 0. The van der Waals surface area contributed by atoms with E-state index in [4.69, 9.17) is 11.6 Å². The van der Waals surface area contributed by atoms with Gasteiger partial charge in [0.05, 0.1) is 23.5 Å². The number of alkyl halides is 4. The van der Waals surface area contributed by atoms with Crippen LogP contribution >= 0.6 is 11.6 Å². The van der Waals surface area contributed by atoms with E-state index >= 15 is 0 Å². The zero-order valence-corrected chi connectivity index (χ0v) is 11.6. The zero-order valence-electron chi connectivity index (χ0n) is 10.9. The van der Waals surface area contributed by atoms with Crippen molar-refractivity contribution >= 4 is 22.6 Å². The van der Waals surface area contributed by atoms with Crippen LogP contribution in [0.2, 0.25) is 0 Å². The minimum atomic E-state index is -4.30. The highest BCUT2D eigenvalue weighted by Gasteiger charge is 2.27. The van der Waals surface area contributed by atoms with E-state index in [0.717, 1.165) is 16.6 Å². The molecule has 0 aliphatic carbocycles. The van der Waals surface area contributed by atoms with Crippen LogP contribution in [0.15, 0.2) is 18.2 Å². The Morgan fingerprint density at radius 1 is 1.35 bits per heavy atom. The van der Waals surface area contributed by atoms with Gasteiger partial charge >= 0.3 is 6.18 Å². The van der Waals surface area contributed by atoms with Crippen molar-refractivity contribution in [3.8, 4) is 0 Å². The highest BCUT2D eigenvalue weighted by Crippen LogP contribution is 2.19. The van der Waals surface area contributed by atoms with Crippen molar-refractivity contribution in [3.05, 3.63) is 29.6 Å². The fourth-order valence-electron chi connectivity index (χ4n) is 1.98. The molecule has 3 nitrogen and oxygen atoms in total. The lowest BCUT2D eigenvalue weighted by molar-refractivity contribution is -0.174. The Morgan fingerprint density at radius 3 is 2.75 bits per heavy atom. The maximum Gasteiger partial charge on any atom is 0.411 e. The van der Waals surface area contributed by atoms with Crippen molar-refractivity contribution in [2.24, 2.45) is 0 Å². The van der Waals surface area contributed by atoms with Crippen molar-refractivity contribution in [2.45, 2.75) is 25.5 Å². The molecule has 7 heteroatoms. The third-order valence-corrected chi connectivity index (χ3v) is 3.07. The summed E-state index contributed by atoms with van der Waals surface area (Å²) in [5.74, 6) is 0.829. The quantitative estimate of drug-likeness (QED) is 0.622. The molecule has 0 atom stereocenters. The second-order valence-electron chi connectivity index (χ2n) is 4.47. The second-order valence-corrected chi connectivity index (χ2v) is 4.74. The summed E-state index contributed by atoms with van der Waals surface area (Å²) in [5.41, 5.74) is 2.69. The van der Waals surface area contributed by atoms with Gasteiger partial charge in [0, 0.05) is 6.54 Å². The van der Waals surface area contributed by atoms with Crippen molar-refractivity contribution in [1.29, 1.82) is 0 Å². The van der Waals surface area contributed by atoms with E-state index < -0.39 is 12.8 Å². The van der Waals surface area contributed by atoms with Gasteiger partial charge in [-0.05, 0) is 24.6 Å². The van der Waals surface area contributed by atoms with Gasteiger partial charge in [0.2, 0.25) is 0 Å². The van der Waals surface area contributed by atoms with E-state index in [-0.39, 0.29) is 19.0 Å². The van der Waals surface area contributed by atoms with Crippen LogP contribution in [0, 0.1) is 6.92 Å². The molecule has 0 saturated heterocycles. The number of hydrogen-bond acceptors (Lipinski definition) is 2. The molecule has 0 aliphatic heterocycles. The number of benzene rings is 1. The van der Waals surface area contributed by atoms with Gasteiger partial charge in [0.25, 0.3) is 0 Å². The number of ether oxygens (including phenoxy) is 1. The second kappa shape index (κ2) is 6.01. The summed E-state index contributed by atoms with van der Waals surface area (Å²) < 4.78 is 42.5. The lowest BCUT2D eigenvalue weighted by Gasteiger charge is -2.10. The molecule has 0 aliphatic rings. The van der Waals surface area contributed by atoms with E-state index in [1.54, 1.807) is 4.57 Å². The van der Waals surface area contributed by atoms with Gasteiger partial charge in [0.15, 0.2) is 0 Å². The van der Waals surface area contributed by atoms with Crippen LogP contribution in [-0.4, -0.2) is 28.9 Å². The van der Waals surface area contributed by atoms with E-state index in [0.29, 0.717) is 5.82 Å². The highest BCUT2D eigenvalue weighted by atomic mass is 35.5. The number of imidazole rings is 1. The number of rotatable bonds is 5. The molecule has 1 aromatic carbocycles. The van der Waals surface area contributed by atoms with Gasteiger partial charge in [0.1, 0.15) is 12.4 Å². The average Bonchev–Trinajstić information content (AvgIpc) is 2.71. The van der Waals surface area contributed by atoms with Crippen LogP contribution in [0.3, 0.4) is 0 Å². The fourth-order valence-corrected chi connectivity index (χ4v) is 2.18. The Bertz CT molecular complexity index is 595. The van der Waals surface area contributed by atoms with Gasteiger partial charge in [-0.25, -0.2) is 4.98 Å². The summed E-state index contributed by atoms with van der Waals surface area (Å²) in [6, 6.07) is 5.73. The van der Waals surface area contributed by atoms with Crippen LogP contribution in [0.4, 0.5) is 13.2 Å². The van der Waals surface area contributed by atoms with E-state index in [1.807, 2.05) is 25.1 Å². The molecule has 1 aromatic heterocycles. The van der Waals surface area contributed by atoms with Crippen LogP contribution < -0.4 is 0 Å². The SMILES string of the molecule is Cc1ccc2nc(CCl)n(CCOCC(F)(F)F)c2c1. The predicted octanol–water partition coefficient (Wildman–Crippen LogP) is 3.66. The molecule has 2 aromatic rings. The van der Waals surface area contributed by atoms with Crippen molar-refractivity contribution < 1.29 is 17.9 Å². The summed E-state index contributed by atoms with van der Waals surface area (Å²) >= 11 is 5.82. The molecule has 0 radical (unpaired) electrons. The lowest BCUT2D eigenvalue weighted by Crippen LogP contribution is -2.19. The first-order valence-corrected chi connectivity index (χ1v) is 6.60. The smallest absolute Gasteiger partial charge is 0.370 e. The van der Waals surface area contributed by atoms with Gasteiger partial charge in [-0.1, -0.05) is 6.07 Å². The highest BCUT2D eigenvalue weighted by molar-refractivity contribution is 6.16. The number of fused-ring (bicyclic) bond motifs is 1. The number of aromatic nitrogens is 2. The van der Waals surface area contributed by atoms with Gasteiger partial charge in [-0.15, -0.1) is 11.6 Å². The van der Waals surface area contributed by atoms with Gasteiger partial charge < -0.3 is 9.30 Å². The molecule has 0 spiro atoms. The molecule has 0 fully saturated rings. The minimum absolute atomic E-state index is 0.0389. The maximum atomic E-state index is 12.0. The Labute approximate surface area is 119 Å². The zero-order chi connectivity index (χ0) is 14.8. The first-order chi connectivity index (χ1) is 9.40. The topological polar surface area (TPSA) is 27.1 Å². The first kappa shape index (κ1) is 15.1. The summed E-state index contributed by atoms with van der Waals surface area (Å²) in [6.45, 7) is 0.951. The Balaban J connectivity index is 2.13. The largest absolute Gasteiger partial charge is 0.411 e. The standard InChI is InChI=1S/C13H14ClF3N2O/c1-9-2-3-10-11(6-9)19(12(7-14)18-10)4-5-20-8-13(15,16)17/h2-3,6H,4-5,7-8H2,1H3. The molecular formula is C13H14ClF3N2O. The van der Waals surface area contributed by atoms with Gasteiger partial charge in [-0.3, -0.25) is 0 Å². The van der Waals surface area contributed by atoms with Gasteiger partial charge in [-0.2, -0.15) is 13.2 Å². The fraction of sp³-hybridized carbons (Fsp3) is 0.462. The van der Waals surface area contributed by atoms with Crippen LogP contribution in [0.5, 0.6) is 0 Å². The summed E-state index contributed by atoms with van der Waals surface area (Å²) in [5, 5.41) is 0. The average molecular weight is 307 g/mol. The van der Waals surface area contributed by atoms with Crippen LogP contribution in [-0.2, 0) is 17.2 Å². The minimum Gasteiger partial charge on any atom is -0.370 e. The Hall–Kier alpha value is -1.27. The van der Waals surface area contributed by atoms with Crippen LogP contribution in [0.1, 0.15) is 11.4 Å². The predicted molar refractivity (Wildman–Crippen MR) is 70.9 cm³/mol. The third kappa shape index (κ3) is 3.64. The number of aryl methyl sites for hydroxylation is 1. The molecule has 1 heterocycles. The summed E-state index contributed by atoms with van der Waals surface area (Å²) in [4.78, 5) is 4.35. The Morgan fingerprint density at radius 2 is 2.10 bits per heavy atom. The molecule has 0 saturated carbocycles. The molecule has 0 amide bonds. The van der Waals surface area contributed by atoms with Crippen molar-refractivity contribution in [3.63, 3.8) is 0 Å². The summed E-state index contributed by atoms with van der Waals surface area (Å²) in [6.07, 6.45) is -4.30. The summed E-state index contributed by atoms with van der Waals surface area (Å²) in [7, 11) is 0. The molecule has 0 bridgehead atoms.